The molecule has 132 valence electrons. The first-order valence-electron chi connectivity index (χ1n) is 8.15. The van der Waals surface area contributed by atoms with E-state index in [4.69, 9.17) is 4.74 Å². The minimum atomic E-state index is -1.21. The van der Waals surface area contributed by atoms with Gasteiger partial charge in [0.1, 0.15) is 5.54 Å². The van der Waals surface area contributed by atoms with Gasteiger partial charge in [0.05, 0.1) is 25.0 Å². The maximum Gasteiger partial charge on any atom is 0.250 e. The minimum absolute atomic E-state index is 0.205. The topological polar surface area (TPSA) is 87.7 Å². The molecule has 3 aliphatic rings. The molecule has 0 saturated carbocycles. The number of nitrogens with one attached hydrogen (secondary N) is 2. The molecule has 0 radical (unpaired) electrons. The Labute approximate surface area is 153 Å². The Morgan fingerprint density at radius 2 is 2.04 bits per heavy atom. The molecule has 2 saturated heterocycles. The number of anilines is 1. The predicted octanol–water partition coefficient (Wildman–Crippen LogP) is 0.836. The number of nitrogens with zero attached hydrogens (tertiary/aromatic N) is 1. The number of likely N-dealkylation sites (tertiary alicyclic amines) is 1. The predicted molar refractivity (Wildman–Crippen MR) is 92.6 cm³/mol. The highest BCUT2D eigenvalue weighted by Gasteiger charge is 2.69. The molecule has 25 heavy (non-hydrogen) atoms. The maximum atomic E-state index is 13.1. The van der Waals surface area contributed by atoms with Crippen molar-refractivity contribution in [2.24, 2.45) is 11.8 Å². The lowest BCUT2D eigenvalue weighted by Gasteiger charge is -2.29. The van der Waals surface area contributed by atoms with Crippen LogP contribution in [0.25, 0.3) is 0 Å². The highest BCUT2D eigenvalue weighted by Crippen LogP contribution is 2.53. The Morgan fingerprint density at radius 1 is 1.28 bits per heavy atom. The largest absolute Gasteiger partial charge is 0.383 e. The van der Waals surface area contributed by atoms with Crippen LogP contribution in [-0.4, -0.2) is 48.9 Å². The van der Waals surface area contributed by atoms with Gasteiger partial charge in [-0.3, -0.25) is 24.6 Å². The van der Waals surface area contributed by atoms with Crippen molar-refractivity contribution in [3.05, 3.63) is 28.2 Å². The number of benzene rings is 1. The van der Waals surface area contributed by atoms with Crippen molar-refractivity contribution >= 4 is 39.3 Å². The molecule has 2 fully saturated rings. The summed E-state index contributed by atoms with van der Waals surface area (Å²) in [6, 6.07) is 5.19. The van der Waals surface area contributed by atoms with Crippen molar-refractivity contribution in [2.45, 2.75) is 18.5 Å². The van der Waals surface area contributed by atoms with Crippen LogP contribution in [0.3, 0.4) is 0 Å². The van der Waals surface area contributed by atoms with E-state index in [9.17, 15) is 14.4 Å². The average molecular weight is 408 g/mol. The molecule has 1 aromatic carbocycles. The van der Waals surface area contributed by atoms with Gasteiger partial charge in [-0.25, -0.2) is 0 Å². The standard InChI is InChI=1S/C17H18BrN3O4/c1-8-12-13(15(23)21(14(12)22)5-6-25-2)17(20-8)10-7-9(18)3-4-11(10)19-16(17)24/h3-4,7-8,12-13,20H,5-6H2,1-2H3,(H,19,24)/t8?,12-,13+,17?/m0/s1. The second-order valence-electron chi connectivity index (χ2n) is 6.71. The molecule has 7 nitrogen and oxygen atoms in total. The fraction of sp³-hybridized carbons (Fsp3) is 0.471. The van der Waals surface area contributed by atoms with E-state index in [0.29, 0.717) is 11.3 Å². The Kier molecular flexibility index (Phi) is 3.75. The van der Waals surface area contributed by atoms with Gasteiger partial charge >= 0.3 is 0 Å². The average Bonchev–Trinajstić information content (AvgIpc) is 3.12. The third kappa shape index (κ3) is 2.07. The number of carbonyl (C=O) groups excluding carboxylic acids is 3. The lowest BCUT2D eigenvalue weighted by molar-refractivity contribution is -0.143. The summed E-state index contributed by atoms with van der Waals surface area (Å²) in [5.41, 5.74) is 0.169. The van der Waals surface area contributed by atoms with Gasteiger partial charge in [0.15, 0.2) is 0 Å². The fourth-order valence-corrected chi connectivity index (χ4v) is 4.76. The number of hydrogen-bond acceptors (Lipinski definition) is 5. The number of carbonyl (C=O) groups is 3. The van der Waals surface area contributed by atoms with E-state index < -0.39 is 17.4 Å². The third-order valence-corrected chi connectivity index (χ3v) is 5.93. The first kappa shape index (κ1) is 16.7. The molecule has 3 amide bonds. The number of halogens is 1. The van der Waals surface area contributed by atoms with Crippen LogP contribution in [0.5, 0.6) is 0 Å². The van der Waals surface area contributed by atoms with E-state index in [1.807, 2.05) is 19.1 Å². The smallest absolute Gasteiger partial charge is 0.250 e. The lowest BCUT2D eigenvalue weighted by atomic mass is 9.76. The van der Waals surface area contributed by atoms with Gasteiger partial charge in [-0.1, -0.05) is 15.9 Å². The molecule has 3 aliphatic heterocycles. The van der Waals surface area contributed by atoms with Gasteiger partial charge in [0.2, 0.25) is 17.7 Å². The molecule has 2 N–H and O–H groups in total. The van der Waals surface area contributed by atoms with E-state index in [0.717, 1.165) is 4.47 Å². The summed E-state index contributed by atoms with van der Waals surface area (Å²) in [6.07, 6.45) is 0. The van der Waals surface area contributed by atoms with Crippen molar-refractivity contribution < 1.29 is 19.1 Å². The SMILES string of the molecule is COCCN1C(=O)[C@H]2C(C)NC3(C(=O)Nc4ccc(Br)cc43)[C@H]2C1=O. The van der Waals surface area contributed by atoms with Crippen LogP contribution >= 0.6 is 15.9 Å². The van der Waals surface area contributed by atoms with Crippen molar-refractivity contribution in [1.82, 2.24) is 10.2 Å². The van der Waals surface area contributed by atoms with Gasteiger partial charge in [-0.05, 0) is 25.1 Å². The first-order valence-corrected chi connectivity index (χ1v) is 8.94. The third-order valence-electron chi connectivity index (χ3n) is 5.43. The fourth-order valence-electron chi connectivity index (χ4n) is 4.40. The van der Waals surface area contributed by atoms with E-state index in [1.165, 1.54) is 12.0 Å². The first-order chi connectivity index (χ1) is 11.9. The Bertz CT molecular complexity index is 798. The summed E-state index contributed by atoms with van der Waals surface area (Å²) >= 11 is 3.43. The Hall–Kier alpha value is -1.77. The van der Waals surface area contributed by atoms with Crippen LogP contribution in [0.2, 0.25) is 0 Å². The molecular weight excluding hydrogens is 390 g/mol. The minimum Gasteiger partial charge on any atom is -0.383 e. The van der Waals surface area contributed by atoms with Crippen LogP contribution in [0.1, 0.15) is 12.5 Å². The van der Waals surface area contributed by atoms with E-state index >= 15 is 0 Å². The molecule has 1 aromatic rings. The number of methoxy groups -OCH3 is 1. The van der Waals surface area contributed by atoms with Crippen LogP contribution in [0.15, 0.2) is 22.7 Å². The molecule has 4 atom stereocenters. The Morgan fingerprint density at radius 3 is 2.76 bits per heavy atom. The van der Waals surface area contributed by atoms with Crippen molar-refractivity contribution in [3.8, 4) is 0 Å². The highest BCUT2D eigenvalue weighted by atomic mass is 79.9. The van der Waals surface area contributed by atoms with Gasteiger partial charge < -0.3 is 10.1 Å². The number of ether oxygens (including phenoxy) is 1. The van der Waals surface area contributed by atoms with Crippen LogP contribution in [0.4, 0.5) is 5.69 Å². The van der Waals surface area contributed by atoms with Crippen LogP contribution < -0.4 is 10.6 Å². The molecule has 3 heterocycles. The van der Waals surface area contributed by atoms with Crippen molar-refractivity contribution in [1.29, 1.82) is 0 Å². The zero-order valence-corrected chi connectivity index (χ0v) is 15.4. The summed E-state index contributed by atoms with van der Waals surface area (Å²) < 4.78 is 5.83. The molecular formula is C17H18BrN3O4. The van der Waals surface area contributed by atoms with Gasteiger partial charge in [-0.2, -0.15) is 0 Å². The van der Waals surface area contributed by atoms with E-state index in [2.05, 4.69) is 26.6 Å². The van der Waals surface area contributed by atoms with Crippen molar-refractivity contribution in [3.63, 3.8) is 0 Å². The van der Waals surface area contributed by atoms with Gasteiger partial charge in [-0.15, -0.1) is 0 Å². The summed E-state index contributed by atoms with van der Waals surface area (Å²) in [6.45, 7) is 2.33. The zero-order chi connectivity index (χ0) is 17.9. The molecule has 0 aliphatic carbocycles. The normalized spacial score (nSPS) is 33.2. The van der Waals surface area contributed by atoms with E-state index in [-0.39, 0.29) is 36.9 Å². The molecule has 0 aromatic heterocycles. The van der Waals surface area contributed by atoms with Crippen LogP contribution in [0, 0.1) is 11.8 Å². The summed E-state index contributed by atoms with van der Waals surface area (Å²) in [7, 11) is 1.52. The van der Waals surface area contributed by atoms with Gasteiger partial charge in [0.25, 0.3) is 0 Å². The quantitative estimate of drug-likeness (QED) is 0.724. The summed E-state index contributed by atoms with van der Waals surface area (Å²) in [5, 5.41) is 6.12. The number of rotatable bonds is 3. The maximum absolute atomic E-state index is 13.1. The Balaban J connectivity index is 1.83. The number of imide groups is 1. The number of hydrogen-bond donors (Lipinski definition) is 2. The monoisotopic (exact) mass is 407 g/mol. The van der Waals surface area contributed by atoms with Crippen molar-refractivity contribution in [2.75, 3.05) is 25.6 Å². The highest BCUT2D eigenvalue weighted by molar-refractivity contribution is 9.10. The second-order valence-corrected chi connectivity index (χ2v) is 7.63. The second kappa shape index (κ2) is 5.62. The molecule has 0 bridgehead atoms. The number of fused-ring (bicyclic) bond motifs is 4. The number of amides is 3. The zero-order valence-electron chi connectivity index (χ0n) is 13.8. The molecule has 1 spiro atoms. The van der Waals surface area contributed by atoms with Gasteiger partial charge in [0, 0.05) is 28.9 Å². The van der Waals surface area contributed by atoms with Crippen LogP contribution in [-0.2, 0) is 24.7 Å². The molecule has 8 heteroatoms. The summed E-state index contributed by atoms with van der Waals surface area (Å²) in [5.74, 6) is -2.14. The lowest BCUT2D eigenvalue weighted by Crippen LogP contribution is -2.53. The van der Waals surface area contributed by atoms with E-state index in [1.54, 1.807) is 6.07 Å². The molecule has 4 rings (SSSR count). The summed E-state index contributed by atoms with van der Waals surface area (Å²) in [4.78, 5) is 40.0. The molecule has 2 unspecified atom stereocenters.